The Morgan fingerprint density at radius 3 is 2.35 bits per heavy atom. The summed E-state index contributed by atoms with van der Waals surface area (Å²) in [4.78, 5) is 0.269. The maximum absolute atomic E-state index is 12.7. The molecule has 0 saturated heterocycles. The van der Waals surface area contributed by atoms with E-state index in [9.17, 15) is 8.42 Å². The second kappa shape index (κ2) is 8.20. The number of ether oxygens (including phenoxy) is 1. The van der Waals surface area contributed by atoms with Crippen LogP contribution in [0.4, 0.5) is 0 Å². The van der Waals surface area contributed by atoms with Gasteiger partial charge in [0.1, 0.15) is 5.75 Å². The molecule has 0 aromatic heterocycles. The number of benzene rings is 2. The van der Waals surface area contributed by atoms with Crippen LogP contribution in [0.1, 0.15) is 37.9 Å². The molecule has 2 aromatic carbocycles. The summed E-state index contributed by atoms with van der Waals surface area (Å²) in [5.74, 6) is 0.639. The first kappa shape index (κ1) is 20.4. The van der Waals surface area contributed by atoms with Crippen LogP contribution in [0.5, 0.6) is 5.75 Å². The van der Waals surface area contributed by atoms with Gasteiger partial charge in [-0.05, 0) is 57.0 Å². The Hall–Kier alpha value is -1.89. The molecule has 2 aromatic rings. The summed E-state index contributed by atoms with van der Waals surface area (Å²) in [7, 11) is -2.04. The predicted molar refractivity (Wildman–Crippen MR) is 105 cm³/mol. The number of aryl methyl sites for hydroxylation is 1. The monoisotopic (exact) mass is 376 g/mol. The average molecular weight is 377 g/mol. The van der Waals surface area contributed by atoms with Crippen LogP contribution in [0, 0.1) is 6.92 Å². The number of nitrogens with one attached hydrogen (secondary N) is 2. The fourth-order valence-corrected chi connectivity index (χ4v) is 4.30. The minimum atomic E-state index is -3.60. The van der Waals surface area contributed by atoms with Crippen LogP contribution < -0.4 is 14.8 Å². The molecule has 0 aliphatic heterocycles. The molecule has 6 heteroatoms. The zero-order chi connectivity index (χ0) is 19.4. The summed E-state index contributed by atoms with van der Waals surface area (Å²) in [6, 6.07) is 15.1. The van der Waals surface area contributed by atoms with E-state index >= 15 is 0 Å². The average Bonchev–Trinajstić information content (AvgIpc) is 2.60. The molecule has 1 unspecified atom stereocenters. The highest BCUT2D eigenvalue weighted by molar-refractivity contribution is 7.89. The van der Waals surface area contributed by atoms with E-state index < -0.39 is 15.6 Å². The molecular weight excluding hydrogens is 348 g/mol. The number of methoxy groups -OCH3 is 1. The van der Waals surface area contributed by atoms with Gasteiger partial charge in [-0.1, -0.05) is 30.3 Å². The maximum atomic E-state index is 12.7. The molecule has 0 aliphatic rings. The van der Waals surface area contributed by atoms with Gasteiger partial charge in [-0.25, -0.2) is 13.1 Å². The van der Waals surface area contributed by atoms with Crippen molar-refractivity contribution in [1.29, 1.82) is 0 Å². The molecular formula is C20H28N2O3S. The summed E-state index contributed by atoms with van der Waals surface area (Å²) in [6.45, 7) is 8.07. The second-order valence-corrected chi connectivity index (χ2v) is 8.85. The summed E-state index contributed by atoms with van der Waals surface area (Å²) in [5, 5.41) is 3.48. The molecule has 0 heterocycles. The highest BCUT2D eigenvalue weighted by atomic mass is 32.2. The highest BCUT2D eigenvalue weighted by Crippen LogP contribution is 2.21. The fraction of sp³-hybridized carbons (Fsp3) is 0.400. The van der Waals surface area contributed by atoms with Crippen LogP contribution in [0.15, 0.2) is 53.4 Å². The first-order chi connectivity index (χ1) is 12.1. The summed E-state index contributed by atoms with van der Waals surface area (Å²) < 4.78 is 33.2. The minimum Gasteiger partial charge on any atom is -0.497 e. The number of sulfonamides is 1. The minimum absolute atomic E-state index is 0.110. The summed E-state index contributed by atoms with van der Waals surface area (Å²) >= 11 is 0. The van der Waals surface area contributed by atoms with Gasteiger partial charge in [0.25, 0.3) is 0 Å². The van der Waals surface area contributed by atoms with Gasteiger partial charge in [0.05, 0.1) is 12.0 Å². The summed E-state index contributed by atoms with van der Waals surface area (Å²) in [5.41, 5.74) is 1.40. The van der Waals surface area contributed by atoms with Crippen molar-refractivity contribution in [3.8, 4) is 5.75 Å². The van der Waals surface area contributed by atoms with Crippen LogP contribution in [0.3, 0.4) is 0 Å². The van der Waals surface area contributed by atoms with Gasteiger partial charge in [0, 0.05) is 18.1 Å². The fourth-order valence-electron chi connectivity index (χ4n) is 2.87. The molecule has 0 bridgehead atoms. The lowest BCUT2D eigenvalue weighted by molar-refractivity contribution is 0.346. The lowest BCUT2D eigenvalue weighted by atomic mass is 10.0. The number of rotatable bonds is 8. The summed E-state index contributed by atoms with van der Waals surface area (Å²) in [6.07, 6.45) is 0. The lowest BCUT2D eigenvalue weighted by Crippen LogP contribution is -2.49. The van der Waals surface area contributed by atoms with E-state index in [2.05, 4.69) is 29.1 Å². The van der Waals surface area contributed by atoms with E-state index in [1.807, 2.05) is 32.0 Å². The van der Waals surface area contributed by atoms with Crippen molar-refractivity contribution in [1.82, 2.24) is 10.0 Å². The topological polar surface area (TPSA) is 67.4 Å². The maximum Gasteiger partial charge on any atom is 0.240 e. The van der Waals surface area contributed by atoms with Crippen molar-refractivity contribution in [2.24, 2.45) is 0 Å². The Morgan fingerprint density at radius 2 is 1.77 bits per heavy atom. The quantitative estimate of drug-likeness (QED) is 0.741. The van der Waals surface area contributed by atoms with Crippen molar-refractivity contribution in [2.45, 2.75) is 44.2 Å². The molecule has 0 fully saturated rings. The zero-order valence-corrected chi connectivity index (χ0v) is 16.9. The highest BCUT2D eigenvalue weighted by Gasteiger charge is 2.25. The molecule has 26 heavy (non-hydrogen) atoms. The van der Waals surface area contributed by atoms with E-state index in [0.29, 0.717) is 11.3 Å². The van der Waals surface area contributed by atoms with E-state index in [1.54, 1.807) is 32.2 Å². The number of hydrogen-bond acceptors (Lipinski definition) is 4. The molecule has 0 amide bonds. The standard InChI is InChI=1S/C20H28N2O3S/c1-15-13-18(25-5)11-12-19(15)26(23,24)21-14-20(3,4)22-16(2)17-9-7-6-8-10-17/h6-13,16,21-22H,14H2,1-5H3. The molecule has 0 saturated carbocycles. The van der Waals surface area contributed by atoms with Crippen molar-refractivity contribution in [2.75, 3.05) is 13.7 Å². The van der Waals surface area contributed by atoms with Crippen LogP contribution in [-0.2, 0) is 10.0 Å². The molecule has 142 valence electrons. The lowest BCUT2D eigenvalue weighted by Gasteiger charge is -2.31. The predicted octanol–water partition coefficient (Wildman–Crippen LogP) is 3.41. The van der Waals surface area contributed by atoms with Crippen molar-refractivity contribution < 1.29 is 13.2 Å². The van der Waals surface area contributed by atoms with Gasteiger partial charge in [0.2, 0.25) is 10.0 Å². The van der Waals surface area contributed by atoms with Crippen LogP contribution >= 0.6 is 0 Å². The largest absolute Gasteiger partial charge is 0.497 e. The number of hydrogen-bond donors (Lipinski definition) is 2. The van der Waals surface area contributed by atoms with E-state index in [0.717, 1.165) is 5.56 Å². The van der Waals surface area contributed by atoms with Gasteiger partial charge in [-0.2, -0.15) is 0 Å². The molecule has 2 N–H and O–H groups in total. The molecule has 5 nitrogen and oxygen atoms in total. The van der Waals surface area contributed by atoms with Crippen LogP contribution in [0.2, 0.25) is 0 Å². The molecule has 0 spiro atoms. The smallest absolute Gasteiger partial charge is 0.240 e. The third-order valence-electron chi connectivity index (χ3n) is 4.28. The van der Waals surface area contributed by atoms with E-state index in [4.69, 9.17) is 4.74 Å². The Bertz CT molecular complexity index is 833. The zero-order valence-electron chi connectivity index (χ0n) is 16.0. The normalized spacial score (nSPS) is 13.4. The molecule has 1 atom stereocenters. The molecule has 0 radical (unpaired) electrons. The molecule has 0 aliphatic carbocycles. The van der Waals surface area contributed by atoms with Gasteiger partial charge in [-0.15, -0.1) is 0 Å². The van der Waals surface area contributed by atoms with Gasteiger partial charge in [-0.3, -0.25) is 0 Å². The second-order valence-electron chi connectivity index (χ2n) is 7.12. The van der Waals surface area contributed by atoms with Crippen molar-refractivity contribution in [3.05, 3.63) is 59.7 Å². The first-order valence-corrected chi connectivity index (χ1v) is 10.1. The van der Waals surface area contributed by atoms with Crippen LogP contribution in [-0.4, -0.2) is 27.6 Å². The SMILES string of the molecule is COc1ccc(S(=O)(=O)NCC(C)(C)NC(C)c2ccccc2)c(C)c1. The van der Waals surface area contributed by atoms with E-state index in [1.165, 1.54) is 0 Å². The third kappa shape index (κ3) is 5.30. The van der Waals surface area contributed by atoms with Crippen molar-refractivity contribution >= 4 is 10.0 Å². The van der Waals surface area contributed by atoms with Crippen molar-refractivity contribution in [3.63, 3.8) is 0 Å². The van der Waals surface area contributed by atoms with Gasteiger partial charge in [0.15, 0.2) is 0 Å². The Labute approximate surface area is 156 Å². The molecule has 2 rings (SSSR count). The Morgan fingerprint density at radius 1 is 1.12 bits per heavy atom. The third-order valence-corrected chi connectivity index (χ3v) is 5.84. The Kier molecular flexibility index (Phi) is 6.44. The van der Waals surface area contributed by atoms with Gasteiger partial charge >= 0.3 is 0 Å². The van der Waals surface area contributed by atoms with E-state index in [-0.39, 0.29) is 17.5 Å². The van der Waals surface area contributed by atoms with Gasteiger partial charge < -0.3 is 10.1 Å². The Balaban J connectivity index is 2.05. The first-order valence-electron chi connectivity index (χ1n) is 8.61. The van der Waals surface area contributed by atoms with Crippen LogP contribution in [0.25, 0.3) is 0 Å².